The molecule has 1 aromatic carbocycles. The van der Waals surface area contributed by atoms with Gasteiger partial charge in [0.15, 0.2) is 0 Å². The molecule has 0 amide bonds. The summed E-state index contributed by atoms with van der Waals surface area (Å²) in [4.78, 5) is 0. The third kappa shape index (κ3) is 1.93. The van der Waals surface area contributed by atoms with Crippen LogP contribution >= 0.6 is 15.9 Å². The van der Waals surface area contributed by atoms with Crippen LogP contribution in [0.4, 0.5) is 0 Å². The van der Waals surface area contributed by atoms with Crippen LogP contribution < -0.4 is 5.73 Å². The van der Waals surface area contributed by atoms with Crippen LogP contribution in [-0.4, -0.2) is 11.7 Å². The van der Waals surface area contributed by atoms with Gasteiger partial charge in [0.2, 0.25) is 0 Å². The highest BCUT2D eigenvalue weighted by atomic mass is 79.9. The molecule has 0 heterocycles. The molecule has 3 heteroatoms. The molecule has 2 nitrogen and oxygen atoms in total. The number of hydrogen-bond donors (Lipinski definition) is 2. The molecule has 1 rings (SSSR count). The first-order valence-corrected chi connectivity index (χ1v) is 5.47. The van der Waals surface area contributed by atoms with Gasteiger partial charge in [-0.1, -0.05) is 22.9 Å². The Morgan fingerprint density at radius 1 is 1.50 bits per heavy atom. The molecule has 1 atom stereocenters. The Balaban J connectivity index is 3.36. The number of phenolic OH excluding ortho intramolecular Hbond substituents is 1. The lowest BCUT2D eigenvalue weighted by molar-refractivity contribution is 0.457. The Hall–Kier alpha value is -0.540. The first kappa shape index (κ1) is 11.5. The average molecular weight is 258 g/mol. The zero-order valence-electron chi connectivity index (χ0n) is 8.76. The van der Waals surface area contributed by atoms with E-state index in [9.17, 15) is 5.11 Å². The molecule has 78 valence electrons. The Morgan fingerprint density at radius 2 is 2.07 bits per heavy atom. The molecule has 3 N–H and O–H groups in total. The highest BCUT2D eigenvalue weighted by molar-refractivity contribution is 9.10. The fraction of sp³-hybridized carbons (Fsp3) is 0.455. The Kier molecular flexibility index (Phi) is 3.56. The fourth-order valence-corrected chi connectivity index (χ4v) is 2.15. The molecule has 0 aromatic heterocycles. The molecule has 1 aromatic rings. The van der Waals surface area contributed by atoms with E-state index in [4.69, 9.17) is 5.73 Å². The van der Waals surface area contributed by atoms with Gasteiger partial charge in [-0.15, -0.1) is 0 Å². The van der Waals surface area contributed by atoms with E-state index in [0.29, 0.717) is 12.3 Å². The van der Waals surface area contributed by atoms with Crippen LogP contribution in [0.25, 0.3) is 0 Å². The van der Waals surface area contributed by atoms with Gasteiger partial charge in [-0.05, 0) is 37.9 Å². The zero-order chi connectivity index (χ0) is 10.9. The van der Waals surface area contributed by atoms with E-state index < -0.39 is 0 Å². The van der Waals surface area contributed by atoms with Gasteiger partial charge in [0.05, 0.1) is 0 Å². The number of hydrogen-bond acceptors (Lipinski definition) is 2. The predicted molar refractivity (Wildman–Crippen MR) is 62.8 cm³/mol. The van der Waals surface area contributed by atoms with E-state index in [0.717, 1.165) is 21.2 Å². The monoisotopic (exact) mass is 257 g/mol. The van der Waals surface area contributed by atoms with Crippen molar-refractivity contribution in [1.82, 2.24) is 0 Å². The topological polar surface area (TPSA) is 46.2 Å². The third-order valence-corrected chi connectivity index (χ3v) is 3.41. The second-order valence-electron chi connectivity index (χ2n) is 3.70. The van der Waals surface area contributed by atoms with Crippen LogP contribution in [0, 0.1) is 13.8 Å². The van der Waals surface area contributed by atoms with Gasteiger partial charge < -0.3 is 10.8 Å². The van der Waals surface area contributed by atoms with E-state index in [2.05, 4.69) is 15.9 Å². The minimum Gasteiger partial charge on any atom is -0.507 e. The van der Waals surface area contributed by atoms with Gasteiger partial charge in [0.1, 0.15) is 5.75 Å². The first-order chi connectivity index (χ1) is 6.49. The molecule has 0 aliphatic rings. The average Bonchev–Trinajstić information content (AvgIpc) is 2.14. The van der Waals surface area contributed by atoms with Crippen molar-refractivity contribution in [2.45, 2.75) is 26.7 Å². The fourth-order valence-electron chi connectivity index (χ4n) is 1.62. The van der Waals surface area contributed by atoms with Crippen LogP contribution in [0.15, 0.2) is 10.5 Å². The van der Waals surface area contributed by atoms with Gasteiger partial charge in [0.25, 0.3) is 0 Å². The molecule has 14 heavy (non-hydrogen) atoms. The maximum Gasteiger partial charge on any atom is 0.123 e. The van der Waals surface area contributed by atoms with Crippen molar-refractivity contribution in [1.29, 1.82) is 0 Å². The lowest BCUT2D eigenvalue weighted by atomic mass is 9.93. The smallest absolute Gasteiger partial charge is 0.123 e. The highest BCUT2D eigenvalue weighted by Gasteiger charge is 2.15. The summed E-state index contributed by atoms with van der Waals surface area (Å²) in [7, 11) is 0. The Labute approximate surface area is 93.3 Å². The van der Waals surface area contributed by atoms with Gasteiger partial charge in [-0.3, -0.25) is 0 Å². The molecular formula is C11H16BrNO. The maximum atomic E-state index is 9.98. The van der Waals surface area contributed by atoms with Crippen molar-refractivity contribution in [2.75, 3.05) is 6.54 Å². The largest absolute Gasteiger partial charge is 0.507 e. The van der Waals surface area contributed by atoms with Crippen molar-refractivity contribution in [3.63, 3.8) is 0 Å². The molecule has 0 saturated carbocycles. The molecular weight excluding hydrogens is 242 g/mol. The van der Waals surface area contributed by atoms with Crippen LogP contribution in [0.2, 0.25) is 0 Å². The number of phenols is 1. The number of benzene rings is 1. The Morgan fingerprint density at radius 3 is 2.57 bits per heavy atom. The summed E-state index contributed by atoms with van der Waals surface area (Å²) in [6, 6.07) is 2.02. The minimum atomic E-state index is 0.196. The molecule has 0 spiro atoms. The van der Waals surface area contributed by atoms with E-state index in [1.807, 2.05) is 26.8 Å². The normalized spacial score (nSPS) is 12.9. The maximum absolute atomic E-state index is 9.98. The van der Waals surface area contributed by atoms with Crippen molar-refractivity contribution < 1.29 is 5.11 Å². The van der Waals surface area contributed by atoms with Gasteiger partial charge in [0, 0.05) is 15.6 Å². The summed E-state index contributed by atoms with van der Waals surface area (Å²) in [5, 5.41) is 9.98. The summed E-state index contributed by atoms with van der Waals surface area (Å²) in [6.45, 7) is 6.46. The standard InChI is InChI=1S/C11H16BrNO/c1-6-4-9(12)8(3)11(14)10(6)7(2)5-13/h4,7,14H,5,13H2,1-3H3. The minimum absolute atomic E-state index is 0.196. The lowest BCUT2D eigenvalue weighted by Gasteiger charge is -2.17. The molecule has 0 aliphatic carbocycles. The molecule has 0 bridgehead atoms. The van der Waals surface area contributed by atoms with Gasteiger partial charge >= 0.3 is 0 Å². The predicted octanol–water partition coefficient (Wildman–Crippen LogP) is 2.83. The molecule has 0 aliphatic heterocycles. The van der Waals surface area contributed by atoms with Crippen molar-refractivity contribution in [3.8, 4) is 5.75 Å². The summed E-state index contributed by atoms with van der Waals surface area (Å²) in [5.41, 5.74) is 8.53. The van der Waals surface area contributed by atoms with Crippen LogP contribution in [0.5, 0.6) is 5.75 Å². The van der Waals surface area contributed by atoms with E-state index in [-0.39, 0.29) is 5.92 Å². The number of rotatable bonds is 2. The number of aromatic hydroxyl groups is 1. The molecule has 1 unspecified atom stereocenters. The van der Waals surface area contributed by atoms with E-state index in [1.165, 1.54) is 0 Å². The van der Waals surface area contributed by atoms with Crippen molar-refractivity contribution in [3.05, 3.63) is 27.2 Å². The third-order valence-electron chi connectivity index (χ3n) is 2.58. The number of aryl methyl sites for hydroxylation is 1. The number of halogens is 1. The lowest BCUT2D eigenvalue weighted by Crippen LogP contribution is -2.11. The van der Waals surface area contributed by atoms with Gasteiger partial charge in [-0.2, -0.15) is 0 Å². The summed E-state index contributed by atoms with van der Waals surface area (Å²) in [5.74, 6) is 0.566. The molecule has 0 radical (unpaired) electrons. The van der Waals surface area contributed by atoms with E-state index in [1.54, 1.807) is 0 Å². The Bertz CT molecular complexity index is 350. The zero-order valence-corrected chi connectivity index (χ0v) is 10.4. The highest BCUT2D eigenvalue weighted by Crippen LogP contribution is 2.35. The van der Waals surface area contributed by atoms with Crippen LogP contribution in [0.1, 0.15) is 29.5 Å². The first-order valence-electron chi connectivity index (χ1n) is 4.67. The van der Waals surface area contributed by atoms with Crippen LogP contribution in [-0.2, 0) is 0 Å². The van der Waals surface area contributed by atoms with Crippen molar-refractivity contribution >= 4 is 15.9 Å². The molecule has 0 fully saturated rings. The van der Waals surface area contributed by atoms with Crippen LogP contribution in [0.3, 0.4) is 0 Å². The summed E-state index contributed by atoms with van der Waals surface area (Å²) >= 11 is 3.41. The van der Waals surface area contributed by atoms with Gasteiger partial charge in [-0.25, -0.2) is 0 Å². The quantitative estimate of drug-likeness (QED) is 0.856. The number of nitrogens with two attached hydrogens (primary N) is 1. The second kappa shape index (κ2) is 4.32. The van der Waals surface area contributed by atoms with Crippen molar-refractivity contribution in [2.24, 2.45) is 5.73 Å². The SMILES string of the molecule is Cc1cc(Br)c(C)c(O)c1C(C)CN. The summed E-state index contributed by atoms with van der Waals surface area (Å²) < 4.78 is 0.945. The second-order valence-corrected chi connectivity index (χ2v) is 4.55. The molecule has 0 saturated heterocycles. The summed E-state index contributed by atoms with van der Waals surface area (Å²) in [6.07, 6.45) is 0. The van der Waals surface area contributed by atoms with E-state index >= 15 is 0 Å².